The van der Waals surface area contributed by atoms with E-state index < -0.39 is 6.10 Å². The predicted octanol–water partition coefficient (Wildman–Crippen LogP) is 3.73. The van der Waals surface area contributed by atoms with Gasteiger partial charge in [-0.05, 0) is 55.5 Å². The topological polar surface area (TPSA) is 56.7 Å². The molecule has 0 aliphatic heterocycles. The summed E-state index contributed by atoms with van der Waals surface area (Å²) < 4.78 is 0. The highest BCUT2D eigenvalue weighted by Crippen LogP contribution is 2.23. The van der Waals surface area contributed by atoms with Crippen molar-refractivity contribution in [3.05, 3.63) is 33.8 Å². The minimum Gasteiger partial charge on any atom is -0.386 e. The lowest BCUT2D eigenvalue weighted by molar-refractivity contribution is 0.187. The fraction of sp³-hybridized carbons (Fsp3) is 0.562. The van der Waals surface area contributed by atoms with E-state index in [0.29, 0.717) is 21.6 Å². The Morgan fingerprint density at radius 3 is 2.52 bits per heavy atom. The van der Waals surface area contributed by atoms with E-state index in [0.717, 1.165) is 19.5 Å². The van der Waals surface area contributed by atoms with E-state index in [4.69, 9.17) is 23.2 Å². The van der Waals surface area contributed by atoms with Gasteiger partial charge in [-0.15, -0.1) is 0 Å². The summed E-state index contributed by atoms with van der Waals surface area (Å²) in [5.41, 5.74) is 0.669. The van der Waals surface area contributed by atoms with Crippen LogP contribution in [0.2, 0.25) is 10.0 Å². The van der Waals surface area contributed by atoms with E-state index in [-0.39, 0.29) is 6.54 Å². The first-order chi connectivity index (χ1) is 11.1. The van der Waals surface area contributed by atoms with Crippen molar-refractivity contribution in [2.75, 3.05) is 31.6 Å². The average molecular weight is 378 g/mol. The predicted molar refractivity (Wildman–Crippen MR) is 103 cm³/mol. The van der Waals surface area contributed by atoms with Gasteiger partial charge in [0.25, 0.3) is 0 Å². The Labute approximate surface area is 153 Å². The molecule has 0 saturated heterocycles. The van der Waals surface area contributed by atoms with Gasteiger partial charge >= 0.3 is 0 Å². The molecule has 0 radical (unpaired) electrons. The van der Waals surface area contributed by atoms with Gasteiger partial charge in [-0.1, -0.05) is 23.2 Å². The maximum Gasteiger partial charge on any atom is 0.191 e. The summed E-state index contributed by atoms with van der Waals surface area (Å²) in [5.74, 6) is 1.88. The number of halogens is 2. The molecular formula is C16H25Cl2N3OS. The zero-order chi connectivity index (χ0) is 17.1. The summed E-state index contributed by atoms with van der Waals surface area (Å²) in [5, 5.41) is 17.7. The molecule has 0 aliphatic carbocycles. The van der Waals surface area contributed by atoms with Crippen molar-refractivity contribution < 1.29 is 5.11 Å². The second kappa shape index (κ2) is 11.8. The lowest BCUT2D eigenvalue weighted by atomic mass is 10.1. The van der Waals surface area contributed by atoms with Gasteiger partial charge in [-0.3, -0.25) is 4.99 Å². The Kier molecular flexibility index (Phi) is 10.5. The number of benzene rings is 1. The van der Waals surface area contributed by atoms with Gasteiger partial charge in [0.05, 0.1) is 12.6 Å². The smallest absolute Gasteiger partial charge is 0.191 e. The average Bonchev–Trinajstić information content (AvgIpc) is 2.51. The second-order valence-corrected chi connectivity index (χ2v) is 6.92. The molecule has 3 N–H and O–H groups in total. The SMILES string of the molecule is CCNC(=NCC(O)c1cc(Cl)cc(Cl)c1)NCCCCSC. The molecule has 1 unspecified atom stereocenters. The standard InChI is InChI=1S/C16H25Cl2N3OS/c1-3-19-16(20-6-4-5-7-23-2)21-11-15(22)12-8-13(17)10-14(18)9-12/h8-10,15,22H,3-7,11H2,1-2H3,(H2,19,20,21). The first kappa shape index (κ1) is 20.4. The largest absolute Gasteiger partial charge is 0.386 e. The zero-order valence-corrected chi connectivity index (χ0v) is 15.9. The van der Waals surface area contributed by atoms with Crippen LogP contribution in [-0.2, 0) is 0 Å². The van der Waals surface area contributed by atoms with Crippen LogP contribution in [0.3, 0.4) is 0 Å². The van der Waals surface area contributed by atoms with Gasteiger partial charge in [0.15, 0.2) is 5.96 Å². The summed E-state index contributed by atoms with van der Waals surface area (Å²) >= 11 is 13.8. The van der Waals surface area contributed by atoms with Gasteiger partial charge in [-0.2, -0.15) is 11.8 Å². The van der Waals surface area contributed by atoms with Crippen molar-refractivity contribution in [3.63, 3.8) is 0 Å². The molecule has 0 bridgehead atoms. The molecule has 1 aromatic carbocycles. The first-order valence-corrected chi connectivity index (χ1v) is 9.87. The molecule has 1 aromatic rings. The van der Waals surface area contributed by atoms with Crippen molar-refractivity contribution in [2.24, 2.45) is 4.99 Å². The number of nitrogens with one attached hydrogen (secondary N) is 2. The number of unbranched alkanes of at least 4 members (excludes halogenated alkanes) is 1. The Morgan fingerprint density at radius 2 is 1.91 bits per heavy atom. The van der Waals surface area contributed by atoms with Crippen molar-refractivity contribution >= 4 is 40.9 Å². The van der Waals surface area contributed by atoms with E-state index in [1.807, 2.05) is 18.7 Å². The molecule has 0 aromatic heterocycles. The number of guanidine groups is 1. The van der Waals surface area contributed by atoms with Gasteiger partial charge in [0.2, 0.25) is 0 Å². The number of aliphatic hydroxyl groups excluding tert-OH is 1. The van der Waals surface area contributed by atoms with Crippen molar-refractivity contribution in [1.82, 2.24) is 10.6 Å². The van der Waals surface area contributed by atoms with Crippen LogP contribution in [0.15, 0.2) is 23.2 Å². The molecule has 4 nitrogen and oxygen atoms in total. The lowest BCUT2D eigenvalue weighted by Crippen LogP contribution is -2.38. The third-order valence-corrected chi connectivity index (χ3v) is 4.24. The third kappa shape index (κ3) is 8.70. The Balaban J connectivity index is 2.54. The number of hydrogen-bond donors (Lipinski definition) is 3. The summed E-state index contributed by atoms with van der Waals surface area (Å²) in [6.45, 7) is 3.90. The molecule has 0 saturated carbocycles. The van der Waals surface area contributed by atoms with Crippen molar-refractivity contribution in [3.8, 4) is 0 Å². The molecule has 130 valence electrons. The van der Waals surface area contributed by atoms with Crippen molar-refractivity contribution in [2.45, 2.75) is 25.9 Å². The van der Waals surface area contributed by atoms with Crippen LogP contribution < -0.4 is 10.6 Å². The summed E-state index contributed by atoms with van der Waals surface area (Å²) in [7, 11) is 0. The Bertz CT molecular complexity index is 480. The van der Waals surface area contributed by atoms with E-state index in [1.165, 1.54) is 12.2 Å². The molecule has 7 heteroatoms. The Hall–Kier alpha value is -0.620. The number of thioether (sulfide) groups is 1. The number of hydrogen-bond acceptors (Lipinski definition) is 3. The van der Waals surface area contributed by atoms with Crippen LogP contribution in [0.5, 0.6) is 0 Å². The maximum absolute atomic E-state index is 10.2. The molecule has 23 heavy (non-hydrogen) atoms. The van der Waals surface area contributed by atoms with Gasteiger partial charge in [0, 0.05) is 23.1 Å². The Morgan fingerprint density at radius 1 is 1.22 bits per heavy atom. The van der Waals surface area contributed by atoms with E-state index >= 15 is 0 Å². The van der Waals surface area contributed by atoms with Crippen LogP contribution in [0.1, 0.15) is 31.4 Å². The zero-order valence-electron chi connectivity index (χ0n) is 13.6. The maximum atomic E-state index is 10.2. The highest BCUT2D eigenvalue weighted by molar-refractivity contribution is 7.98. The minimum absolute atomic E-state index is 0.247. The van der Waals surface area contributed by atoms with Crippen LogP contribution >= 0.6 is 35.0 Å². The summed E-state index contributed by atoms with van der Waals surface area (Å²) in [6.07, 6.45) is 3.65. The van der Waals surface area contributed by atoms with Crippen LogP contribution in [-0.4, -0.2) is 42.7 Å². The summed E-state index contributed by atoms with van der Waals surface area (Å²) in [4.78, 5) is 4.42. The molecule has 0 aliphatic rings. The fourth-order valence-electron chi connectivity index (χ4n) is 1.97. The molecule has 1 atom stereocenters. The number of aliphatic hydroxyl groups is 1. The second-order valence-electron chi connectivity index (χ2n) is 5.06. The quantitative estimate of drug-likeness (QED) is 0.348. The van der Waals surface area contributed by atoms with E-state index in [1.54, 1.807) is 18.2 Å². The van der Waals surface area contributed by atoms with Gasteiger partial charge < -0.3 is 15.7 Å². The van der Waals surface area contributed by atoms with Crippen LogP contribution in [0.25, 0.3) is 0 Å². The minimum atomic E-state index is -0.738. The lowest BCUT2D eigenvalue weighted by Gasteiger charge is -2.13. The number of aliphatic imine (C=N–C) groups is 1. The van der Waals surface area contributed by atoms with E-state index in [2.05, 4.69) is 21.9 Å². The first-order valence-electron chi connectivity index (χ1n) is 7.72. The van der Waals surface area contributed by atoms with Crippen molar-refractivity contribution in [1.29, 1.82) is 0 Å². The summed E-state index contributed by atoms with van der Waals surface area (Å²) in [6, 6.07) is 5.05. The molecule has 0 amide bonds. The van der Waals surface area contributed by atoms with Crippen LogP contribution in [0.4, 0.5) is 0 Å². The van der Waals surface area contributed by atoms with Crippen LogP contribution in [0, 0.1) is 0 Å². The molecule has 0 heterocycles. The fourth-order valence-corrected chi connectivity index (χ4v) is 3.01. The molecule has 0 spiro atoms. The molecule has 0 fully saturated rings. The molecular weight excluding hydrogens is 353 g/mol. The number of rotatable bonds is 9. The highest BCUT2D eigenvalue weighted by atomic mass is 35.5. The van der Waals surface area contributed by atoms with Gasteiger partial charge in [-0.25, -0.2) is 0 Å². The third-order valence-electron chi connectivity index (χ3n) is 3.10. The van der Waals surface area contributed by atoms with Gasteiger partial charge in [0.1, 0.15) is 0 Å². The molecule has 1 rings (SSSR count). The normalized spacial score (nSPS) is 13.0. The monoisotopic (exact) mass is 377 g/mol. The van der Waals surface area contributed by atoms with E-state index in [9.17, 15) is 5.11 Å². The highest BCUT2D eigenvalue weighted by Gasteiger charge is 2.09. The number of nitrogens with zero attached hydrogens (tertiary/aromatic N) is 1.